The molecule has 6 rings (SSSR count). The SMILES string of the molecule is COc1ccc(/C=C/c2cnc(/C=C/c3cnc(/C=C/c4ccc(OC)c(OC)c4)c4c3COC(C)(C)O4)c3c2COC(C)(C)O3)cc1OC. The molecule has 0 amide bonds. The first kappa shape index (κ1) is 34.5. The summed E-state index contributed by atoms with van der Waals surface area (Å²) in [7, 11) is 6.47. The Hall–Kier alpha value is -5.32. The zero-order valence-electron chi connectivity index (χ0n) is 29.7. The summed E-state index contributed by atoms with van der Waals surface area (Å²) in [5.74, 6) is 2.32. The molecule has 0 saturated heterocycles. The van der Waals surface area contributed by atoms with Gasteiger partial charge in [0.2, 0.25) is 11.6 Å². The Kier molecular flexibility index (Phi) is 9.86. The van der Waals surface area contributed by atoms with Crippen molar-refractivity contribution in [3.8, 4) is 34.5 Å². The van der Waals surface area contributed by atoms with Crippen LogP contribution in [0.2, 0.25) is 0 Å². The van der Waals surface area contributed by atoms with E-state index >= 15 is 0 Å². The largest absolute Gasteiger partial charge is 0.493 e. The van der Waals surface area contributed by atoms with E-state index in [0.29, 0.717) is 59.1 Å². The second-order valence-corrected chi connectivity index (χ2v) is 12.6. The van der Waals surface area contributed by atoms with Crippen LogP contribution in [0.5, 0.6) is 34.5 Å². The number of ether oxygens (including phenoxy) is 8. The monoisotopic (exact) mass is 678 g/mol. The van der Waals surface area contributed by atoms with Crippen molar-refractivity contribution in [1.29, 1.82) is 0 Å². The van der Waals surface area contributed by atoms with Crippen LogP contribution in [0.3, 0.4) is 0 Å². The average molecular weight is 679 g/mol. The summed E-state index contributed by atoms with van der Waals surface area (Å²) in [5, 5.41) is 0. The molecule has 0 radical (unpaired) electrons. The third-order valence-electron chi connectivity index (χ3n) is 8.34. The number of methoxy groups -OCH3 is 4. The van der Waals surface area contributed by atoms with Crippen molar-refractivity contribution in [3.63, 3.8) is 0 Å². The normalized spacial score (nSPS) is 16.1. The predicted molar refractivity (Wildman–Crippen MR) is 193 cm³/mol. The van der Waals surface area contributed by atoms with Crippen LogP contribution in [0.15, 0.2) is 48.8 Å². The maximum Gasteiger partial charge on any atom is 0.205 e. The van der Waals surface area contributed by atoms with Gasteiger partial charge in [0.15, 0.2) is 34.5 Å². The highest BCUT2D eigenvalue weighted by atomic mass is 16.7. The number of hydrogen-bond donors (Lipinski definition) is 0. The maximum absolute atomic E-state index is 6.37. The first-order valence-electron chi connectivity index (χ1n) is 16.2. The molecular formula is C40H42N2O8. The van der Waals surface area contributed by atoms with Gasteiger partial charge in [0.1, 0.15) is 11.4 Å². The van der Waals surface area contributed by atoms with E-state index in [1.165, 1.54) is 0 Å². The van der Waals surface area contributed by atoms with Gasteiger partial charge in [-0.15, -0.1) is 0 Å². The minimum absolute atomic E-state index is 0.352. The first-order valence-corrected chi connectivity index (χ1v) is 16.2. The molecule has 260 valence electrons. The lowest BCUT2D eigenvalue weighted by Gasteiger charge is -2.34. The van der Waals surface area contributed by atoms with Crippen molar-refractivity contribution in [2.75, 3.05) is 28.4 Å². The number of nitrogens with zero attached hydrogens (tertiary/aromatic N) is 2. The smallest absolute Gasteiger partial charge is 0.205 e. The van der Waals surface area contributed by atoms with Crippen molar-refractivity contribution in [2.24, 2.45) is 0 Å². The molecule has 2 aliphatic rings. The third kappa shape index (κ3) is 7.46. The summed E-state index contributed by atoms with van der Waals surface area (Å²) in [4.78, 5) is 9.60. The van der Waals surface area contributed by atoms with Crippen LogP contribution in [0.4, 0.5) is 0 Å². The van der Waals surface area contributed by atoms with Gasteiger partial charge in [-0.25, -0.2) is 0 Å². The van der Waals surface area contributed by atoms with Crippen molar-refractivity contribution in [3.05, 3.63) is 93.6 Å². The fourth-order valence-corrected chi connectivity index (χ4v) is 5.66. The van der Waals surface area contributed by atoms with Crippen molar-refractivity contribution >= 4 is 36.5 Å². The van der Waals surface area contributed by atoms with E-state index in [0.717, 1.165) is 33.4 Å². The van der Waals surface area contributed by atoms with Gasteiger partial charge in [0.05, 0.1) is 41.7 Å². The molecule has 10 heteroatoms. The van der Waals surface area contributed by atoms with Gasteiger partial charge in [-0.05, 0) is 47.5 Å². The Morgan fingerprint density at radius 2 is 0.940 bits per heavy atom. The van der Waals surface area contributed by atoms with E-state index in [1.807, 2.05) is 113 Å². The van der Waals surface area contributed by atoms with Crippen molar-refractivity contribution in [1.82, 2.24) is 9.97 Å². The lowest BCUT2D eigenvalue weighted by atomic mass is 10.0. The Morgan fingerprint density at radius 3 is 1.38 bits per heavy atom. The lowest BCUT2D eigenvalue weighted by molar-refractivity contribution is -0.180. The molecule has 0 N–H and O–H groups in total. The number of benzene rings is 2. The van der Waals surface area contributed by atoms with E-state index in [1.54, 1.807) is 28.4 Å². The van der Waals surface area contributed by atoms with Gasteiger partial charge in [-0.1, -0.05) is 36.4 Å². The van der Waals surface area contributed by atoms with Crippen molar-refractivity contribution in [2.45, 2.75) is 52.5 Å². The molecule has 0 bridgehead atoms. The number of pyridine rings is 2. The second-order valence-electron chi connectivity index (χ2n) is 12.6. The molecule has 2 aliphatic heterocycles. The summed E-state index contributed by atoms with van der Waals surface area (Å²) in [6.07, 6.45) is 15.4. The van der Waals surface area contributed by atoms with Crippen LogP contribution < -0.4 is 28.4 Å². The summed E-state index contributed by atoms with van der Waals surface area (Å²) in [5.41, 5.74) is 6.75. The molecule has 0 unspecified atom stereocenters. The van der Waals surface area contributed by atoms with Crippen LogP contribution in [0.25, 0.3) is 36.5 Å². The zero-order chi connectivity index (χ0) is 35.5. The van der Waals surface area contributed by atoms with E-state index in [2.05, 4.69) is 0 Å². The van der Waals surface area contributed by atoms with Crippen LogP contribution in [0, 0.1) is 0 Å². The van der Waals surface area contributed by atoms with Gasteiger partial charge < -0.3 is 37.9 Å². The van der Waals surface area contributed by atoms with Crippen molar-refractivity contribution < 1.29 is 37.9 Å². The predicted octanol–water partition coefficient (Wildman–Crippen LogP) is 8.31. The quantitative estimate of drug-likeness (QED) is 0.163. The maximum atomic E-state index is 6.37. The zero-order valence-corrected chi connectivity index (χ0v) is 29.7. The lowest BCUT2D eigenvalue weighted by Crippen LogP contribution is -2.36. The standard InChI is InChI=1S/C40H42N2O8/c1-39(2)48-24-30-28(22-41-31(37(30)49-39)15-10-26-12-18-34(44-6)36(20-26)46-8)14-16-32-38-29(23-47-40(3,4)50-38)27(21-42-32)13-9-25-11-17-33(43-5)35(19-25)45-7/h9-22H,23-24H2,1-8H3/b13-9+,15-10+,16-14+. The van der Waals surface area contributed by atoms with E-state index < -0.39 is 11.6 Å². The van der Waals surface area contributed by atoms with Gasteiger partial charge in [0.25, 0.3) is 0 Å². The minimum Gasteiger partial charge on any atom is -0.493 e. The van der Waals surface area contributed by atoms with Crippen LogP contribution in [-0.2, 0) is 22.7 Å². The Morgan fingerprint density at radius 1 is 0.540 bits per heavy atom. The molecule has 0 fully saturated rings. The van der Waals surface area contributed by atoms with Crippen LogP contribution in [-0.4, -0.2) is 50.0 Å². The average Bonchev–Trinajstić information content (AvgIpc) is 3.11. The molecule has 50 heavy (non-hydrogen) atoms. The Balaban J connectivity index is 1.33. The number of fused-ring (bicyclic) bond motifs is 2. The molecule has 10 nitrogen and oxygen atoms in total. The molecule has 4 heterocycles. The third-order valence-corrected chi connectivity index (χ3v) is 8.34. The fraction of sp³-hybridized carbons (Fsp3) is 0.300. The summed E-state index contributed by atoms with van der Waals surface area (Å²) < 4.78 is 46.5. The van der Waals surface area contributed by atoms with E-state index in [4.69, 9.17) is 47.9 Å². The van der Waals surface area contributed by atoms with E-state index in [9.17, 15) is 0 Å². The summed E-state index contributed by atoms with van der Waals surface area (Å²) >= 11 is 0. The Bertz CT molecular complexity index is 1980. The molecular weight excluding hydrogens is 636 g/mol. The molecule has 2 aromatic carbocycles. The molecule has 4 aromatic rings. The molecule has 0 atom stereocenters. The van der Waals surface area contributed by atoms with Gasteiger partial charge in [0, 0.05) is 62.3 Å². The molecule has 0 aliphatic carbocycles. The molecule has 2 aromatic heterocycles. The van der Waals surface area contributed by atoms with Crippen LogP contribution >= 0.6 is 0 Å². The number of hydrogen-bond acceptors (Lipinski definition) is 10. The first-order chi connectivity index (χ1) is 24.0. The molecule has 0 spiro atoms. The van der Waals surface area contributed by atoms with Gasteiger partial charge >= 0.3 is 0 Å². The van der Waals surface area contributed by atoms with Crippen LogP contribution in [0.1, 0.15) is 72.5 Å². The summed E-state index contributed by atoms with van der Waals surface area (Å²) in [6, 6.07) is 11.5. The number of aromatic nitrogens is 2. The highest BCUT2D eigenvalue weighted by molar-refractivity contribution is 5.79. The van der Waals surface area contributed by atoms with Gasteiger partial charge in [-0.3, -0.25) is 9.97 Å². The second kappa shape index (κ2) is 14.3. The van der Waals surface area contributed by atoms with Gasteiger partial charge in [-0.2, -0.15) is 0 Å². The topological polar surface area (TPSA) is 99.6 Å². The Labute approximate surface area is 292 Å². The van der Waals surface area contributed by atoms with E-state index in [-0.39, 0.29) is 0 Å². The number of rotatable bonds is 10. The minimum atomic E-state index is -0.821. The highest BCUT2D eigenvalue weighted by Crippen LogP contribution is 2.40. The summed E-state index contributed by atoms with van der Waals surface area (Å²) in [6.45, 7) is 8.27. The fourth-order valence-electron chi connectivity index (χ4n) is 5.66. The molecule has 0 saturated carbocycles. The highest BCUT2D eigenvalue weighted by Gasteiger charge is 2.32.